The van der Waals surface area contributed by atoms with Gasteiger partial charge in [-0.3, -0.25) is 4.79 Å². The summed E-state index contributed by atoms with van der Waals surface area (Å²) in [7, 11) is 1.42. The van der Waals surface area contributed by atoms with Crippen LogP contribution in [0, 0.1) is 6.92 Å². The molecular weight excluding hydrogens is 367 g/mol. The second-order valence-corrected chi connectivity index (χ2v) is 6.32. The van der Waals surface area contributed by atoms with E-state index in [1.54, 1.807) is 41.0 Å². The van der Waals surface area contributed by atoms with Gasteiger partial charge in [-0.05, 0) is 42.8 Å². The summed E-state index contributed by atoms with van der Waals surface area (Å²) in [6.45, 7) is 1.83. The molecule has 0 aliphatic carbocycles. The minimum absolute atomic E-state index is 0.220. The van der Waals surface area contributed by atoms with Gasteiger partial charge in [0, 0.05) is 28.2 Å². The van der Waals surface area contributed by atoms with Gasteiger partial charge in [0.1, 0.15) is 5.75 Å². The van der Waals surface area contributed by atoms with E-state index in [9.17, 15) is 18.0 Å². The molecule has 7 heteroatoms. The number of hydrogen-bond donors (Lipinski definition) is 0. The molecular formula is C19H15ClF3NO2. The Morgan fingerprint density at radius 3 is 2.38 bits per heavy atom. The molecule has 1 heterocycles. The number of nitrogens with zero attached hydrogens (tertiary/aromatic N) is 1. The molecule has 0 amide bonds. The lowest BCUT2D eigenvalue weighted by atomic mass is 10.1. The molecule has 0 atom stereocenters. The summed E-state index contributed by atoms with van der Waals surface area (Å²) in [6, 6.07) is 11.8. The largest absolute Gasteiger partial charge is 0.497 e. The number of methoxy groups -OCH3 is 1. The van der Waals surface area contributed by atoms with E-state index < -0.39 is 12.0 Å². The second-order valence-electron chi connectivity index (χ2n) is 5.88. The van der Waals surface area contributed by atoms with Gasteiger partial charge in [0.25, 0.3) is 5.78 Å². The first-order valence-corrected chi connectivity index (χ1v) is 8.13. The third-order valence-electron chi connectivity index (χ3n) is 4.27. The summed E-state index contributed by atoms with van der Waals surface area (Å²) >= 11 is 5.88. The maximum atomic E-state index is 13.1. The fourth-order valence-corrected chi connectivity index (χ4v) is 3.12. The predicted molar refractivity (Wildman–Crippen MR) is 94.2 cm³/mol. The highest BCUT2D eigenvalue weighted by Gasteiger charge is 2.42. The van der Waals surface area contributed by atoms with Crippen molar-refractivity contribution in [3.05, 3.63) is 64.3 Å². The number of benzene rings is 2. The molecule has 0 fully saturated rings. The third kappa shape index (κ3) is 3.29. The number of rotatable bonds is 4. The molecule has 0 saturated carbocycles. The molecule has 0 radical (unpaired) electrons. The molecule has 1 aromatic heterocycles. The summed E-state index contributed by atoms with van der Waals surface area (Å²) in [5, 5.41) is 0.790. The number of halogens is 4. The Balaban J connectivity index is 2.21. The van der Waals surface area contributed by atoms with Gasteiger partial charge >= 0.3 is 6.18 Å². The first kappa shape index (κ1) is 18.3. The Morgan fingerprint density at radius 2 is 1.81 bits per heavy atom. The van der Waals surface area contributed by atoms with Crippen molar-refractivity contribution >= 4 is 28.3 Å². The van der Waals surface area contributed by atoms with Gasteiger partial charge in [0.05, 0.1) is 12.7 Å². The molecule has 0 unspecified atom stereocenters. The third-order valence-corrected chi connectivity index (χ3v) is 4.52. The number of carbonyl (C=O) groups excluding carboxylic acids is 1. The molecule has 0 spiro atoms. The van der Waals surface area contributed by atoms with Crippen LogP contribution in [0.4, 0.5) is 13.2 Å². The SMILES string of the molecule is COc1ccc2c(c1)c(C(=O)C(F)(F)F)c(C)n2Cc1ccc(Cl)cc1. The lowest BCUT2D eigenvalue weighted by Crippen LogP contribution is -2.23. The second kappa shape index (κ2) is 6.68. The highest BCUT2D eigenvalue weighted by molar-refractivity contribution is 6.30. The van der Waals surface area contributed by atoms with E-state index in [-0.39, 0.29) is 16.6 Å². The van der Waals surface area contributed by atoms with E-state index >= 15 is 0 Å². The summed E-state index contributed by atoms with van der Waals surface area (Å²) in [5.74, 6) is -1.47. The number of carbonyl (C=O) groups is 1. The van der Waals surface area contributed by atoms with Crippen molar-refractivity contribution in [3.8, 4) is 5.75 Å². The number of ether oxygens (including phenoxy) is 1. The molecule has 26 heavy (non-hydrogen) atoms. The van der Waals surface area contributed by atoms with Gasteiger partial charge in [0.15, 0.2) is 0 Å². The van der Waals surface area contributed by atoms with E-state index in [0.717, 1.165) is 5.56 Å². The molecule has 0 aliphatic heterocycles. The zero-order valence-electron chi connectivity index (χ0n) is 14.0. The van der Waals surface area contributed by atoms with E-state index in [1.165, 1.54) is 20.1 Å². The van der Waals surface area contributed by atoms with Crippen LogP contribution >= 0.6 is 11.6 Å². The number of Topliss-reactive ketones (excluding diaryl/α,β-unsaturated/α-hetero) is 1. The van der Waals surface area contributed by atoms with Gasteiger partial charge in [-0.15, -0.1) is 0 Å². The lowest BCUT2D eigenvalue weighted by Gasteiger charge is -2.10. The molecule has 0 saturated heterocycles. The van der Waals surface area contributed by atoms with Crippen molar-refractivity contribution in [2.75, 3.05) is 7.11 Å². The van der Waals surface area contributed by atoms with Crippen molar-refractivity contribution in [1.29, 1.82) is 0 Å². The van der Waals surface area contributed by atoms with Crippen LogP contribution in [0.15, 0.2) is 42.5 Å². The molecule has 0 bridgehead atoms. The monoisotopic (exact) mass is 381 g/mol. The van der Waals surface area contributed by atoms with Gasteiger partial charge < -0.3 is 9.30 Å². The van der Waals surface area contributed by atoms with Crippen molar-refractivity contribution in [2.45, 2.75) is 19.6 Å². The maximum absolute atomic E-state index is 13.1. The summed E-state index contributed by atoms with van der Waals surface area (Å²) in [6.07, 6.45) is -4.95. The molecule has 2 aromatic carbocycles. The average molecular weight is 382 g/mol. The van der Waals surface area contributed by atoms with E-state index in [0.29, 0.717) is 22.8 Å². The minimum Gasteiger partial charge on any atom is -0.497 e. The summed E-state index contributed by atoms with van der Waals surface area (Å²) in [5.41, 5.74) is 1.30. The molecule has 3 nitrogen and oxygen atoms in total. The fraction of sp³-hybridized carbons (Fsp3) is 0.211. The highest BCUT2D eigenvalue weighted by Crippen LogP contribution is 2.34. The molecule has 0 aliphatic rings. The highest BCUT2D eigenvalue weighted by atomic mass is 35.5. The lowest BCUT2D eigenvalue weighted by molar-refractivity contribution is -0.0884. The summed E-state index contributed by atoms with van der Waals surface area (Å²) < 4.78 is 46.1. The minimum atomic E-state index is -4.95. The van der Waals surface area contributed by atoms with Crippen LogP contribution in [0.2, 0.25) is 5.02 Å². The van der Waals surface area contributed by atoms with Crippen molar-refractivity contribution in [3.63, 3.8) is 0 Å². The van der Waals surface area contributed by atoms with Crippen LogP contribution in [0.3, 0.4) is 0 Å². The standard InChI is InChI=1S/C19H15ClF3NO2/c1-11-17(18(25)19(21,22)23)15-9-14(26-2)7-8-16(15)24(11)10-12-3-5-13(20)6-4-12/h3-9H,10H2,1-2H3. The Hall–Kier alpha value is -2.47. The molecule has 0 N–H and O–H groups in total. The van der Waals surface area contributed by atoms with Crippen LogP contribution in [0.1, 0.15) is 21.6 Å². The average Bonchev–Trinajstić information content (AvgIpc) is 2.86. The normalized spacial score (nSPS) is 11.8. The van der Waals surface area contributed by atoms with Crippen molar-refractivity contribution in [1.82, 2.24) is 4.57 Å². The van der Waals surface area contributed by atoms with Gasteiger partial charge in [-0.2, -0.15) is 13.2 Å². The Kier molecular flexibility index (Phi) is 4.71. The number of fused-ring (bicyclic) bond motifs is 1. The number of aromatic nitrogens is 1. The number of hydrogen-bond acceptors (Lipinski definition) is 2. The Labute approximate surface area is 152 Å². The van der Waals surface area contributed by atoms with E-state index in [1.807, 2.05) is 0 Å². The first-order valence-electron chi connectivity index (χ1n) is 7.75. The summed E-state index contributed by atoms with van der Waals surface area (Å²) in [4.78, 5) is 12.0. The zero-order chi connectivity index (χ0) is 19.1. The van der Waals surface area contributed by atoms with Crippen LogP contribution in [-0.2, 0) is 6.54 Å². The van der Waals surface area contributed by atoms with Crippen LogP contribution in [0.5, 0.6) is 5.75 Å². The van der Waals surface area contributed by atoms with Crippen molar-refractivity contribution < 1.29 is 22.7 Å². The van der Waals surface area contributed by atoms with Gasteiger partial charge in [-0.1, -0.05) is 23.7 Å². The van der Waals surface area contributed by atoms with Gasteiger partial charge in [-0.25, -0.2) is 0 Å². The van der Waals surface area contributed by atoms with Crippen LogP contribution in [0.25, 0.3) is 10.9 Å². The van der Waals surface area contributed by atoms with Gasteiger partial charge in [0.2, 0.25) is 0 Å². The molecule has 136 valence electrons. The maximum Gasteiger partial charge on any atom is 0.454 e. The topological polar surface area (TPSA) is 31.2 Å². The quantitative estimate of drug-likeness (QED) is 0.566. The zero-order valence-corrected chi connectivity index (χ0v) is 14.8. The molecule has 3 rings (SSSR count). The molecule has 3 aromatic rings. The smallest absolute Gasteiger partial charge is 0.454 e. The fourth-order valence-electron chi connectivity index (χ4n) is 2.99. The number of alkyl halides is 3. The number of ketones is 1. The first-order chi connectivity index (χ1) is 12.2. The predicted octanol–water partition coefficient (Wildman–Crippen LogP) is 5.41. The Morgan fingerprint density at radius 1 is 1.15 bits per heavy atom. The van der Waals surface area contributed by atoms with Crippen LogP contribution < -0.4 is 4.74 Å². The van der Waals surface area contributed by atoms with Crippen LogP contribution in [-0.4, -0.2) is 23.6 Å². The Bertz CT molecular complexity index is 975. The van der Waals surface area contributed by atoms with E-state index in [2.05, 4.69) is 0 Å². The van der Waals surface area contributed by atoms with E-state index in [4.69, 9.17) is 16.3 Å². The van der Waals surface area contributed by atoms with Crippen molar-refractivity contribution in [2.24, 2.45) is 0 Å².